The monoisotopic (exact) mass is 344 g/mol. The molecule has 1 aliphatic heterocycles. The second-order valence-electron chi connectivity index (χ2n) is 8.37. The lowest BCUT2D eigenvalue weighted by atomic mass is 9.76. The number of hydrogen-bond donors (Lipinski definition) is 0. The van der Waals surface area contributed by atoms with E-state index in [9.17, 15) is 4.79 Å². The van der Waals surface area contributed by atoms with Crippen LogP contribution in [0.15, 0.2) is 24.3 Å². The molecule has 0 atom stereocenters. The van der Waals surface area contributed by atoms with Gasteiger partial charge < -0.3 is 14.0 Å². The Hall–Kier alpha value is -1.33. The molecule has 5 heteroatoms. The molecule has 1 heterocycles. The molecule has 0 spiro atoms. The van der Waals surface area contributed by atoms with Crippen LogP contribution in [0.2, 0.25) is 0 Å². The molecule has 0 bridgehead atoms. The molecule has 3 rings (SSSR count). The summed E-state index contributed by atoms with van der Waals surface area (Å²) in [5, 5.41) is 0. The summed E-state index contributed by atoms with van der Waals surface area (Å²) in [6.07, 6.45) is 4.60. The van der Waals surface area contributed by atoms with Gasteiger partial charge in [0.25, 0.3) is 0 Å². The van der Waals surface area contributed by atoms with Crippen LogP contribution in [-0.4, -0.2) is 31.4 Å². The van der Waals surface area contributed by atoms with Gasteiger partial charge in [-0.15, -0.1) is 0 Å². The molecule has 4 nitrogen and oxygen atoms in total. The third kappa shape index (κ3) is 3.24. The van der Waals surface area contributed by atoms with Gasteiger partial charge in [-0.3, -0.25) is 4.79 Å². The molecule has 1 aromatic carbocycles. The molecule has 136 valence electrons. The van der Waals surface area contributed by atoms with Crippen molar-refractivity contribution in [2.45, 2.75) is 76.3 Å². The maximum atomic E-state index is 12.4. The lowest BCUT2D eigenvalue weighted by Crippen LogP contribution is -2.41. The van der Waals surface area contributed by atoms with Gasteiger partial charge in [-0.25, -0.2) is 0 Å². The van der Waals surface area contributed by atoms with E-state index in [1.165, 1.54) is 7.11 Å². The van der Waals surface area contributed by atoms with Gasteiger partial charge >= 0.3 is 13.1 Å². The van der Waals surface area contributed by atoms with Gasteiger partial charge in [0.15, 0.2) is 0 Å². The molecule has 1 saturated heterocycles. The van der Waals surface area contributed by atoms with Crippen molar-refractivity contribution in [3.05, 3.63) is 35.4 Å². The van der Waals surface area contributed by atoms with E-state index in [4.69, 9.17) is 14.0 Å². The van der Waals surface area contributed by atoms with E-state index in [1.807, 2.05) is 0 Å². The molecule has 0 radical (unpaired) electrons. The number of methoxy groups -OCH3 is 1. The van der Waals surface area contributed by atoms with E-state index < -0.39 is 5.41 Å². The first kappa shape index (κ1) is 18.5. The Morgan fingerprint density at radius 1 is 1.04 bits per heavy atom. The number of carbonyl (C=O) groups excluding carboxylic acids is 1. The van der Waals surface area contributed by atoms with E-state index in [2.05, 4.69) is 52.0 Å². The lowest BCUT2D eigenvalue weighted by Gasteiger charge is -2.32. The van der Waals surface area contributed by atoms with Crippen molar-refractivity contribution in [2.75, 3.05) is 7.11 Å². The van der Waals surface area contributed by atoms with Gasteiger partial charge in [-0.2, -0.15) is 0 Å². The zero-order chi connectivity index (χ0) is 18.3. The minimum atomic E-state index is -0.461. The maximum Gasteiger partial charge on any atom is 0.462 e. The SMILES string of the molecule is COC(=O)C1(c2ccc(CB3OC(C)(C)C(C)(C)O3)cc2)CCCC1. The molecule has 2 fully saturated rings. The third-order valence-corrected chi connectivity index (χ3v) is 6.24. The molecular weight excluding hydrogens is 315 g/mol. The first-order valence-corrected chi connectivity index (χ1v) is 9.24. The van der Waals surface area contributed by atoms with Crippen molar-refractivity contribution in [3.63, 3.8) is 0 Å². The van der Waals surface area contributed by atoms with Crippen molar-refractivity contribution in [1.29, 1.82) is 0 Å². The summed E-state index contributed by atoms with van der Waals surface area (Å²) in [4.78, 5) is 12.4. The fourth-order valence-electron chi connectivity index (χ4n) is 3.99. The summed E-state index contributed by atoms with van der Waals surface area (Å²) in [6.45, 7) is 8.26. The zero-order valence-electron chi connectivity index (χ0n) is 16.1. The average molecular weight is 344 g/mol. The molecule has 1 aromatic rings. The Morgan fingerprint density at radius 2 is 1.56 bits per heavy atom. The first-order valence-electron chi connectivity index (χ1n) is 9.24. The van der Waals surface area contributed by atoms with Crippen LogP contribution in [0.25, 0.3) is 0 Å². The third-order valence-electron chi connectivity index (χ3n) is 6.24. The number of esters is 1. The minimum absolute atomic E-state index is 0.108. The summed E-state index contributed by atoms with van der Waals surface area (Å²) in [5.74, 6) is -0.108. The summed E-state index contributed by atoms with van der Waals surface area (Å²) in [5.41, 5.74) is 1.14. The highest BCUT2D eigenvalue weighted by Crippen LogP contribution is 2.42. The normalized spacial score (nSPS) is 23.6. The average Bonchev–Trinajstić information content (AvgIpc) is 3.11. The number of carbonyl (C=O) groups is 1. The lowest BCUT2D eigenvalue weighted by molar-refractivity contribution is -0.147. The highest BCUT2D eigenvalue weighted by Gasteiger charge is 2.50. The van der Waals surface area contributed by atoms with Gasteiger partial charge in [0.1, 0.15) is 0 Å². The molecule has 0 unspecified atom stereocenters. The Bertz CT molecular complexity index is 614. The smallest absolute Gasteiger partial charge is 0.462 e. The van der Waals surface area contributed by atoms with Crippen molar-refractivity contribution >= 4 is 13.1 Å². The van der Waals surface area contributed by atoms with Crippen LogP contribution in [0, 0.1) is 0 Å². The molecule has 1 aliphatic carbocycles. The van der Waals surface area contributed by atoms with Crippen LogP contribution in [-0.2, 0) is 30.6 Å². The molecule has 0 aromatic heterocycles. The minimum Gasteiger partial charge on any atom is -0.468 e. The van der Waals surface area contributed by atoms with E-state index in [0.717, 1.165) is 36.8 Å². The van der Waals surface area contributed by atoms with E-state index >= 15 is 0 Å². The van der Waals surface area contributed by atoms with Gasteiger partial charge in [-0.1, -0.05) is 37.1 Å². The molecular formula is C20H29BO4. The Kier molecular flexibility index (Phi) is 4.76. The summed E-state index contributed by atoms with van der Waals surface area (Å²) < 4.78 is 17.3. The number of benzene rings is 1. The van der Waals surface area contributed by atoms with Gasteiger partial charge in [0.05, 0.1) is 23.7 Å². The Balaban J connectivity index is 1.74. The summed E-state index contributed by atoms with van der Waals surface area (Å²) in [6, 6.07) is 8.32. The van der Waals surface area contributed by atoms with Crippen LogP contribution in [0.4, 0.5) is 0 Å². The van der Waals surface area contributed by atoms with Crippen molar-refractivity contribution in [3.8, 4) is 0 Å². The fourth-order valence-corrected chi connectivity index (χ4v) is 3.99. The van der Waals surface area contributed by atoms with Gasteiger partial charge in [0, 0.05) is 6.32 Å². The van der Waals surface area contributed by atoms with Crippen molar-refractivity contribution in [2.24, 2.45) is 0 Å². The second kappa shape index (κ2) is 6.44. The zero-order valence-corrected chi connectivity index (χ0v) is 16.1. The van der Waals surface area contributed by atoms with Crippen LogP contribution in [0.1, 0.15) is 64.5 Å². The molecule has 0 N–H and O–H groups in total. The maximum absolute atomic E-state index is 12.4. The van der Waals surface area contributed by atoms with Crippen molar-refractivity contribution in [1.82, 2.24) is 0 Å². The van der Waals surface area contributed by atoms with Gasteiger partial charge in [-0.05, 0) is 51.7 Å². The first-order chi connectivity index (χ1) is 11.7. The highest BCUT2D eigenvalue weighted by molar-refractivity contribution is 6.45. The van der Waals surface area contributed by atoms with Crippen LogP contribution < -0.4 is 0 Å². The molecule has 25 heavy (non-hydrogen) atoms. The van der Waals surface area contributed by atoms with Gasteiger partial charge in [0.2, 0.25) is 0 Å². The Labute approximate surface area is 151 Å². The topological polar surface area (TPSA) is 44.8 Å². The standard InChI is InChI=1S/C20H29BO4/c1-18(2)19(3,4)25-21(24-18)14-15-8-10-16(11-9-15)20(17(22)23-5)12-6-7-13-20/h8-11H,6-7,12-14H2,1-5H3. The summed E-state index contributed by atoms with van der Waals surface area (Å²) >= 11 is 0. The largest absolute Gasteiger partial charge is 0.468 e. The predicted molar refractivity (Wildman–Crippen MR) is 98.4 cm³/mol. The Morgan fingerprint density at radius 3 is 2.04 bits per heavy atom. The quantitative estimate of drug-likeness (QED) is 0.615. The number of rotatable bonds is 4. The molecule has 0 amide bonds. The van der Waals surface area contributed by atoms with Crippen LogP contribution in [0.5, 0.6) is 0 Å². The summed E-state index contributed by atoms with van der Waals surface area (Å²) in [7, 11) is 1.24. The number of hydrogen-bond acceptors (Lipinski definition) is 4. The molecule has 2 aliphatic rings. The second-order valence-corrected chi connectivity index (χ2v) is 8.37. The van der Waals surface area contributed by atoms with Crippen LogP contribution in [0.3, 0.4) is 0 Å². The molecule has 1 saturated carbocycles. The van der Waals surface area contributed by atoms with E-state index in [1.54, 1.807) is 0 Å². The highest BCUT2D eigenvalue weighted by atomic mass is 16.7. The van der Waals surface area contributed by atoms with E-state index in [-0.39, 0.29) is 24.3 Å². The number of ether oxygens (including phenoxy) is 1. The fraction of sp³-hybridized carbons (Fsp3) is 0.650. The predicted octanol–water partition coefficient (Wildman–Crippen LogP) is 3.85. The van der Waals surface area contributed by atoms with E-state index in [0.29, 0.717) is 6.32 Å². The van der Waals surface area contributed by atoms with Crippen molar-refractivity contribution < 1.29 is 18.8 Å². The van der Waals surface area contributed by atoms with Crippen LogP contribution >= 0.6 is 0 Å².